The molecule has 0 saturated carbocycles. The molecule has 0 bridgehead atoms. The summed E-state index contributed by atoms with van der Waals surface area (Å²) in [5, 5.41) is 9.69. The second kappa shape index (κ2) is 12.1. The third kappa shape index (κ3) is 16.0. The van der Waals surface area contributed by atoms with Gasteiger partial charge in [0.2, 0.25) is 0 Å². The van der Waals surface area contributed by atoms with Gasteiger partial charge in [0.05, 0.1) is 17.8 Å². The van der Waals surface area contributed by atoms with Crippen LogP contribution < -0.4 is 0 Å². The Kier molecular flexibility index (Phi) is 11.9. The Morgan fingerprint density at radius 3 is 2.00 bits per heavy atom. The molecule has 0 fully saturated rings. The largest absolute Gasteiger partial charge is 0.390 e. The lowest BCUT2D eigenvalue weighted by Gasteiger charge is -2.27. The van der Waals surface area contributed by atoms with Crippen LogP contribution in [0.3, 0.4) is 0 Å². The molecule has 0 saturated heterocycles. The minimum atomic E-state index is -0.623. The number of ether oxygens (including phenoxy) is 1. The van der Waals surface area contributed by atoms with Crippen LogP contribution in [0.1, 0.15) is 98.8 Å². The summed E-state index contributed by atoms with van der Waals surface area (Å²) in [5.74, 6) is 0. The lowest BCUT2D eigenvalue weighted by molar-refractivity contribution is -0.0509. The van der Waals surface area contributed by atoms with Crippen LogP contribution in [0.15, 0.2) is 12.2 Å². The molecule has 0 aliphatic rings. The quantitative estimate of drug-likeness (QED) is 0.313. The molecule has 0 aliphatic carbocycles. The second-order valence-electron chi connectivity index (χ2n) is 7.71. The van der Waals surface area contributed by atoms with Gasteiger partial charge in [-0.2, -0.15) is 0 Å². The molecule has 0 aromatic carbocycles. The smallest absolute Gasteiger partial charge is 0.0626 e. The van der Waals surface area contributed by atoms with Gasteiger partial charge < -0.3 is 9.84 Å². The topological polar surface area (TPSA) is 29.5 Å². The molecular weight excluding hydrogens is 272 g/mol. The number of hydrogen-bond acceptors (Lipinski definition) is 2. The van der Waals surface area contributed by atoms with Gasteiger partial charge in [-0.25, -0.2) is 0 Å². The molecule has 0 aromatic rings. The first kappa shape index (κ1) is 21.7. The highest BCUT2D eigenvalue weighted by Gasteiger charge is 2.20. The minimum Gasteiger partial charge on any atom is -0.390 e. The van der Waals surface area contributed by atoms with Crippen LogP contribution in [-0.4, -0.2) is 22.9 Å². The van der Waals surface area contributed by atoms with Crippen LogP contribution in [0.5, 0.6) is 0 Å². The van der Waals surface area contributed by atoms with Crippen molar-refractivity contribution in [2.75, 3.05) is 6.61 Å². The zero-order valence-electron chi connectivity index (χ0n) is 15.8. The Bertz CT molecular complexity index is 274. The van der Waals surface area contributed by atoms with Crippen LogP contribution in [0, 0.1) is 0 Å². The first-order valence-electron chi connectivity index (χ1n) is 9.28. The maximum absolute atomic E-state index is 9.69. The van der Waals surface area contributed by atoms with E-state index in [0.29, 0.717) is 13.0 Å². The predicted molar refractivity (Wildman–Crippen MR) is 97.3 cm³/mol. The van der Waals surface area contributed by atoms with Crippen LogP contribution >= 0.6 is 0 Å². The van der Waals surface area contributed by atoms with Crippen LogP contribution in [0.2, 0.25) is 0 Å². The molecule has 0 unspecified atom stereocenters. The summed E-state index contributed by atoms with van der Waals surface area (Å²) in [6, 6.07) is 0. The third-order valence-electron chi connectivity index (χ3n) is 4.01. The van der Waals surface area contributed by atoms with Gasteiger partial charge in [-0.3, -0.25) is 0 Å². The van der Waals surface area contributed by atoms with Crippen molar-refractivity contribution in [3.05, 3.63) is 12.2 Å². The first-order chi connectivity index (χ1) is 10.3. The van der Waals surface area contributed by atoms with E-state index in [1.54, 1.807) is 0 Å². The number of unbranched alkanes of at least 4 members (excludes halogenated alkanes) is 6. The molecule has 132 valence electrons. The van der Waals surface area contributed by atoms with Gasteiger partial charge in [0.15, 0.2) is 0 Å². The van der Waals surface area contributed by atoms with Crippen molar-refractivity contribution in [2.24, 2.45) is 0 Å². The number of aliphatic hydroxyl groups is 1. The van der Waals surface area contributed by atoms with Crippen molar-refractivity contribution in [1.29, 1.82) is 0 Å². The van der Waals surface area contributed by atoms with E-state index in [9.17, 15) is 5.11 Å². The van der Waals surface area contributed by atoms with E-state index >= 15 is 0 Å². The Balaban J connectivity index is 3.47. The third-order valence-corrected chi connectivity index (χ3v) is 4.01. The fraction of sp³-hybridized carbons (Fsp3) is 0.900. The SMILES string of the molecule is CC/C=C/CCCCCCCCC(C)(C)OCCC(C)(C)O. The van der Waals surface area contributed by atoms with Crippen LogP contribution in [0.25, 0.3) is 0 Å². The van der Waals surface area contributed by atoms with Crippen LogP contribution in [-0.2, 0) is 4.74 Å². The minimum absolute atomic E-state index is 0.0593. The van der Waals surface area contributed by atoms with Gasteiger partial charge in [-0.1, -0.05) is 51.2 Å². The second-order valence-corrected chi connectivity index (χ2v) is 7.71. The van der Waals surface area contributed by atoms with Gasteiger partial charge in [-0.05, 0) is 59.8 Å². The summed E-state index contributed by atoms with van der Waals surface area (Å²) in [5.41, 5.74) is -0.682. The van der Waals surface area contributed by atoms with Gasteiger partial charge in [0.1, 0.15) is 0 Å². The zero-order chi connectivity index (χ0) is 16.9. The van der Waals surface area contributed by atoms with Gasteiger partial charge in [-0.15, -0.1) is 0 Å². The van der Waals surface area contributed by atoms with Gasteiger partial charge in [0.25, 0.3) is 0 Å². The normalized spacial score (nSPS) is 13.2. The van der Waals surface area contributed by atoms with Crippen molar-refractivity contribution in [2.45, 2.75) is 110 Å². The summed E-state index contributed by atoms with van der Waals surface area (Å²) in [4.78, 5) is 0. The molecular formula is C20H40O2. The molecule has 0 aliphatic heterocycles. The monoisotopic (exact) mass is 312 g/mol. The highest BCUT2D eigenvalue weighted by molar-refractivity contribution is 4.79. The maximum atomic E-state index is 9.69. The molecule has 0 radical (unpaired) electrons. The number of hydrogen-bond donors (Lipinski definition) is 1. The number of allylic oxidation sites excluding steroid dienone is 2. The van der Waals surface area contributed by atoms with Gasteiger partial charge >= 0.3 is 0 Å². The summed E-state index contributed by atoms with van der Waals surface area (Å²) < 4.78 is 5.92. The van der Waals surface area contributed by atoms with E-state index in [-0.39, 0.29) is 5.60 Å². The molecule has 22 heavy (non-hydrogen) atoms. The van der Waals surface area contributed by atoms with Crippen molar-refractivity contribution in [1.82, 2.24) is 0 Å². The van der Waals surface area contributed by atoms with E-state index in [0.717, 1.165) is 12.8 Å². The summed E-state index contributed by atoms with van der Waals surface area (Å²) in [6.45, 7) is 10.8. The number of rotatable bonds is 14. The molecule has 0 rings (SSSR count). The average molecular weight is 313 g/mol. The lowest BCUT2D eigenvalue weighted by Crippen LogP contribution is -2.28. The van der Waals surface area contributed by atoms with E-state index in [1.165, 1.54) is 44.9 Å². The van der Waals surface area contributed by atoms with Crippen molar-refractivity contribution in [3.8, 4) is 0 Å². The fourth-order valence-electron chi connectivity index (χ4n) is 2.45. The van der Waals surface area contributed by atoms with E-state index < -0.39 is 5.60 Å². The Labute approximate surface area is 139 Å². The van der Waals surface area contributed by atoms with Crippen molar-refractivity contribution in [3.63, 3.8) is 0 Å². The molecule has 0 heterocycles. The maximum Gasteiger partial charge on any atom is 0.0626 e. The van der Waals surface area contributed by atoms with Gasteiger partial charge in [0, 0.05) is 0 Å². The Hall–Kier alpha value is -0.340. The Morgan fingerprint density at radius 2 is 1.41 bits per heavy atom. The molecule has 1 N–H and O–H groups in total. The molecule has 0 atom stereocenters. The van der Waals surface area contributed by atoms with Crippen molar-refractivity contribution < 1.29 is 9.84 Å². The molecule has 0 spiro atoms. The molecule has 0 amide bonds. The fourth-order valence-corrected chi connectivity index (χ4v) is 2.45. The zero-order valence-corrected chi connectivity index (χ0v) is 15.8. The molecule has 2 nitrogen and oxygen atoms in total. The summed E-state index contributed by atoms with van der Waals surface area (Å²) in [7, 11) is 0. The van der Waals surface area contributed by atoms with E-state index in [1.807, 2.05) is 13.8 Å². The standard InChI is InChI=1S/C20H40O2/c1-6-7-8-9-10-11-12-13-14-15-16-20(4,5)22-18-17-19(2,3)21/h7-8,21H,6,9-18H2,1-5H3/b8-7+. The van der Waals surface area contributed by atoms with E-state index in [4.69, 9.17) is 4.74 Å². The molecule has 0 aromatic heterocycles. The lowest BCUT2D eigenvalue weighted by atomic mass is 9.98. The highest BCUT2D eigenvalue weighted by Crippen LogP contribution is 2.21. The van der Waals surface area contributed by atoms with Crippen molar-refractivity contribution >= 4 is 0 Å². The van der Waals surface area contributed by atoms with Crippen LogP contribution in [0.4, 0.5) is 0 Å². The first-order valence-corrected chi connectivity index (χ1v) is 9.28. The summed E-state index contributed by atoms with van der Waals surface area (Å²) >= 11 is 0. The van der Waals surface area contributed by atoms with E-state index in [2.05, 4.69) is 32.9 Å². The highest BCUT2D eigenvalue weighted by atomic mass is 16.5. The molecule has 2 heteroatoms. The average Bonchev–Trinajstić information content (AvgIpc) is 2.39. The Morgan fingerprint density at radius 1 is 0.818 bits per heavy atom. The predicted octanol–water partition coefficient (Wildman–Crippen LogP) is 6.03. The summed E-state index contributed by atoms with van der Waals surface area (Å²) in [6.07, 6.45) is 16.7.